The summed E-state index contributed by atoms with van der Waals surface area (Å²) in [4.78, 5) is 14.2. The molecule has 0 bridgehead atoms. The highest BCUT2D eigenvalue weighted by atomic mass is 32.2. The Labute approximate surface area is 127 Å². The standard InChI is InChI=1S/C14H27N3O3S/c1-3-17(11-14(2)5-6-15-10-14)8-13(18)16-12-4-7-21(19,20)9-12/h12,15H,3-11H2,1-2H3,(H,16,18). The van der Waals surface area contributed by atoms with E-state index >= 15 is 0 Å². The number of amides is 1. The third-order valence-corrected chi connectivity index (χ3v) is 6.24. The second kappa shape index (κ2) is 6.62. The van der Waals surface area contributed by atoms with Crippen molar-refractivity contribution in [3.63, 3.8) is 0 Å². The molecule has 0 aliphatic carbocycles. The van der Waals surface area contributed by atoms with Crippen LogP contribution in [0.1, 0.15) is 26.7 Å². The largest absolute Gasteiger partial charge is 0.351 e. The van der Waals surface area contributed by atoms with Crippen LogP contribution in [0.5, 0.6) is 0 Å². The number of nitrogens with one attached hydrogen (secondary N) is 2. The maximum absolute atomic E-state index is 12.1. The molecule has 0 aromatic carbocycles. The molecule has 2 aliphatic heterocycles. The van der Waals surface area contributed by atoms with Crippen molar-refractivity contribution in [2.75, 3.05) is 44.2 Å². The average molecular weight is 317 g/mol. The first-order valence-corrected chi connectivity index (χ1v) is 9.57. The van der Waals surface area contributed by atoms with Gasteiger partial charge in [0, 0.05) is 19.1 Å². The molecule has 1 amide bonds. The molecule has 0 radical (unpaired) electrons. The van der Waals surface area contributed by atoms with Gasteiger partial charge in [0.1, 0.15) is 0 Å². The fourth-order valence-corrected chi connectivity index (χ4v) is 4.88. The molecule has 21 heavy (non-hydrogen) atoms. The van der Waals surface area contributed by atoms with Crippen molar-refractivity contribution in [1.29, 1.82) is 0 Å². The first-order chi connectivity index (χ1) is 9.82. The first kappa shape index (κ1) is 16.7. The maximum Gasteiger partial charge on any atom is 0.234 e. The third kappa shape index (κ3) is 4.93. The van der Waals surface area contributed by atoms with Crippen molar-refractivity contribution in [1.82, 2.24) is 15.5 Å². The van der Waals surface area contributed by atoms with Gasteiger partial charge in [0.2, 0.25) is 5.91 Å². The number of carbonyl (C=O) groups is 1. The first-order valence-electron chi connectivity index (χ1n) is 7.75. The van der Waals surface area contributed by atoms with E-state index in [1.165, 1.54) is 0 Å². The van der Waals surface area contributed by atoms with E-state index in [1.54, 1.807) is 0 Å². The molecule has 0 saturated carbocycles. The fourth-order valence-electron chi connectivity index (χ4n) is 3.21. The lowest BCUT2D eigenvalue weighted by Crippen LogP contribution is -2.45. The van der Waals surface area contributed by atoms with Crippen LogP contribution in [0.3, 0.4) is 0 Å². The summed E-state index contributed by atoms with van der Waals surface area (Å²) in [6, 6.07) is -0.204. The van der Waals surface area contributed by atoms with E-state index in [4.69, 9.17) is 0 Å². The molecule has 2 atom stereocenters. The van der Waals surface area contributed by atoms with E-state index < -0.39 is 9.84 Å². The van der Waals surface area contributed by atoms with Crippen molar-refractivity contribution < 1.29 is 13.2 Å². The van der Waals surface area contributed by atoms with Gasteiger partial charge in [0.05, 0.1) is 18.1 Å². The van der Waals surface area contributed by atoms with Gasteiger partial charge in [-0.05, 0) is 31.3 Å². The summed E-state index contributed by atoms with van der Waals surface area (Å²) in [5, 5.41) is 6.23. The second-order valence-electron chi connectivity index (χ2n) is 6.71. The van der Waals surface area contributed by atoms with Crippen LogP contribution in [0.4, 0.5) is 0 Å². The van der Waals surface area contributed by atoms with Crippen LogP contribution in [0.2, 0.25) is 0 Å². The fraction of sp³-hybridized carbons (Fsp3) is 0.929. The van der Waals surface area contributed by atoms with Crippen LogP contribution in [0.15, 0.2) is 0 Å². The number of carbonyl (C=O) groups excluding carboxylic acids is 1. The third-order valence-electron chi connectivity index (χ3n) is 4.47. The predicted octanol–water partition coefficient (Wildman–Crippen LogP) is -0.389. The smallest absolute Gasteiger partial charge is 0.234 e. The van der Waals surface area contributed by atoms with Crippen molar-refractivity contribution in [3.8, 4) is 0 Å². The molecule has 0 aromatic rings. The zero-order valence-corrected chi connectivity index (χ0v) is 13.8. The molecular formula is C14H27N3O3S. The van der Waals surface area contributed by atoms with Gasteiger partial charge in [-0.2, -0.15) is 0 Å². The van der Waals surface area contributed by atoms with Crippen molar-refractivity contribution in [3.05, 3.63) is 0 Å². The van der Waals surface area contributed by atoms with Crippen molar-refractivity contribution in [2.45, 2.75) is 32.7 Å². The van der Waals surface area contributed by atoms with Gasteiger partial charge in [-0.15, -0.1) is 0 Å². The Hall–Kier alpha value is -0.660. The Bertz CT molecular complexity index is 472. The lowest BCUT2D eigenvalue weighted by atomic mass is 9.89. The number of sulfone groups is 1. The Morgan fingerprint density at radius 2 is 2.24 bits per heavy atom. The molecule has 0 aromatic heterocycles. The van der Waals surface area contributed by atoms with Crippen molar-refractivity contribution in [2.24, 2.45) is 5.41 Å². The van der Waals surface area contributed by atoms with E-state index in [0.29, 0.717) is 13.0 Å². The van der Waals surface area contributed by atoms with Crippen LogP contribution in [0.25, 0.3) is 0 Å². The van der Waals surface area contributed by atoms with E-state index in [0.717, 1.165) is 32.6 Å². The summed E-state index contributed by atoms with van der Waals surface area (Å²) >= 11 is 0. The van der Waals surface area contributed by atoms with Crippen LogP contribution < -0.4 is 10.6 Å². The molecule has 2 unspecified atom stereocenters. The van der Waals surface area contributed by atoms with Crippen LogP contribution in [0, 0.1) is 5.41 Å². The number of likely N-dealkylation sites (N-methyl/N-ethyl adjacent to an activating group) is 1. The molecule has 2 N–H and O–H groups in total. The van der Waals surface area contributed by atoms with Gasteiger partial charge in [0.25, 0.3) is 0 Å². The topological polar surface area (TPSA) is 78.5 Å². The van der Waals surface area contributed by atoms with Gasteiger partial charge in [-0.1, -0.05) is 13.8 Å². The Morgan fingerprint density at radius 1 is 1.48 bits per heavy atom. The molecule has 2 fully saturated rings. The highest BCUT2D eigenvalue weighted by Gasteiger charge is 2.32. The minimum atomic E-state index is -2.94. The van der Waals surface area contributed by atoms with E-state index in [-0.39, 0.29) is 28.9 Å². The highest BCUT2D eigenvalue weighted by Crippen LogP contribution is 2.25. The lowest BCUT2D eigenvalue weighted by Gasteiger charge is -2.31. The quantitative estimate of drug-likeness (QED) is 0.698. The zero-order valence-electron chi connectivity index (χ0n) is 13.0. The van der Waals surface area contributed by atoms with Crippen LogP contribution in [-0.2, 0) is 14.6 Å². The van der Waals surface area contributed by atoms with Gasteiger partial charge in [-0.3, -0.25) is 9.69 Å². The summed E-state index contributed by atoms with van der Waals surface area (Å²) in [6.07, 6.45) is 1.67. The minimum Gasteiger partial charge on any atom is -0.351 e. The number of hydrogen-bond donors (Lipinski definition) is 2. The van der Waals surface area contributed by atoms with Gasteiger partial charge >= 0.3 is 0 Å². The Kier molecular flexibility index (Phi) is 5.27. The highest BCUT2D eigenvalue weighted by molar-refractivity contribution is 7.91. The van der Waals surface area contributed by atoms with Crippen molar-refractivity contribution >= 4 is 15.7 Å². The molecule has 122 valence electrons. The zero-order chi connectivity index (χ0) is 15.5. The van der Waals surface area contributed by atoms with Crippen LogP contribution >= 0.6 is 0 Å². The molecule has 2 heterocycles. The van der Waals surface area contributed by atoms with Crippen LogP contribution in [-0.4, -0.2) is 69.5 Å². The molecule has 0 spiro atoms. The second-order valence-corrected chi connectivity index (χ2v) is 8.94. The monoisotopic (exact) mass is 317 g/mol. The predicted molar refractivity (Wildman–Crippen MR) is 82.9 cm³/mol. The summed E-state index contributed by atoms with van der Waals surface area (Å²) < 4.78 is 22.8. The van der Waals surface area contributed by atoms with E-state index in [1.807, 2.05) is 0 Å². The number of rotatable bonds is 6. The summed E-state index contributed by atoms with van der Waals surface area (Å²) in [6.45, 7) is 8.41. The van der Waals surface area contributed by atoms with Gasteiger partial charge in [0.15, 0.2) is 9.84 Å². The lowest BCUT2D eigenvalue weighted by molar-refractivity contribution is -0.123. The Balaban J connectivity index is 1.80. The number of hydrogen-bond acceptors (Lipinski definition) is 5. The van der Waals surface area contributed by atoms with E-state index in [2.05, 4.69) is 29.4 Å². The maximum atomic E-state index is 12.1. The molecule has 7 heteroatoms. The summed E-state index contributed by atoms with van der Waals surface area (Å²) in [7, 11) is -2.94. The molecule has 6 nitrogen and oxygen atoms in total. The summed E-state index contributed by atoms with van der Waals surface area (Å²) in [5.41, 5.74) is 0.229. The molecule has 2 rings (SSSR count). The Morgan fingerprint density at radius 3 is 2.76 bits per heavy atom. The SMILES string of the molecule is CCN(CC(=O)NC1CCS(=O)(=O)C1)CC1(C)CCNC1. The average Bonchev–Trinajstić information content (AvgIpc) is 2.95. The molecule has 2 aliphatic rings. The molecular weight excluding hydrogens is 290 g/mol. The van der Waals surface area contributed by atoms with Gasteiger partial charge < -0.3 is 10.6 Å². The van der Waals surface area contributed by atoms with Gasteiger partial charge in [-0.25, -0.2) is 8.42 Å². The van der Waals surface area contributed by atoms with E-state index in [9.17, 15) is 13.2 Å². The molecule has 2 saturated heterocycles. The normalized spacial score (nSPS) is 31.7. The minimum absolute atomic E-state index is 0.0616. The number of nitrogens with zero attached hydrogens (tertiary/aromatic N) is 1. The summed E-state index contributed by atoms with van der Waals surface area (Å²) in [5.74, 6) is 0.222.